The zero-order valence-corrected chi connectivity index (χ0v) is 12.2. The van der Waals surface area contributed by atoms with Crippen LogP contribution in [0, 0.1) is 0 Å². The predicted molar refractivity (Wildman–Crippen MR) is 78.3 cm³/mol. The Morgan fingerprint density at radius 1 is 1.22 bits per heavy atom. The molecule has 0 saturated heterocycles. The average molecular weight is 269 g/mol. The van der Waals surface area contributed by atoms with Crippen LogP contribution in [-0.4, -0.2) is 27.8 Å². The Balaban J connectivity index is 2.58. The molecule has 0 bridgehead atoms. The molecule has 3 N–H and O–H groups in total. The predicted octanol–water partition coefficient (Wildman–Crippen LogP) is 3.11. The molecule has 0 aliphatic heterocycles. The lowest BCUT2D eigenvalue weighted by molar-refractivity contribution is 0.396. The van der Waals surface area contributed by atoms with E-state index in [1.54, 1.807) is 6.07 Å². The van der Waals surface area contributed by atoms with Gasteiger partial charge in [-0.05, 0) is 25.2 Å². The van der Waals surface area contributed by atoms with Crippen LogP contribution in [0.5, 0.6) is 11.5 Å². The van der Waals surface area contributed by atoms with Crippen LogP contribution in [0.15, 0.2) is 18.2 Å². The molecule has 0 aliphatic rings. The first-order valence-corrected chi connectivity index (χ1v) is 7.56. The summed E-state index contributed by atoms with van der Waals surface area (Å²) in [6, 6.07) is 5.05. The number of thioether (sulfide) groups is 1. The minimum absolute atomic E-state index is 0.0206. The molecule has 0 spiro atoms. The Kier molecular flexibility index (Phi) is 5.82. The Bertz CT molecular complexity index is 370. The molecule has 1 aromatic rings. The van der Waals surface area contributed by atoms with E-state index in [1.807, 2.05) is 17.8 Å². The van der Waals surface area contributed by atoms with Crippen molar-refractivity contribution < 1.29 is 10.2 Å². The van der Waals surface area contributed by atoms with E-state index in [-0.39, 0.29) is 16.2 Å². The minimum Gasteiger partial charge on any atom is -0.504 e. The molecule has 3 nitrogen and oxygen atoms in total. The van der Waals surface area contributed by atoms with Gasteiger partial charge in [-0.2, -0.15) is 11.8 Å². The van der Waals surface area contributed by atoms with Gasteiger partial charge in [-0.3, -0.25) is 0 Å². The molecule has 0 aromatic heterocycles. The molecule has 0 fully saturated rings. The number of nitrogens with one attached hydrogen (secondary N) is 1. The van der Waals surface area contributed by atoms with Gasteiger partial charge < -0.3 is 15.5 Å². The summed E-state index contributed by atoms with van der Waals surface area (Å²) in [7, 11) is 0. The summed E-state index contributed by atoms with van der Waals surface area (Å²) in [6.45, 7) is 5.87. The fraction of sp³-hybridized carbons (Fsp3) is 0.571. The van der Waals surface area contributed by atoms with Gasteiger partial charge in [-0.15, -0.1) is 0 Å². The average Bonchev–Trinajstić information content (AvgIpc) is 2.40. The maximum absolute atomic E-state index is 9.70. The topological polar surface area (TPSA) is 52.5 Å². The summed E-state index contributed by atoms with van der Waals surface area (Å²) in [5.41, 5.74) is 0.734. The minimum atomic E-state index is -0.0589. The van der Waals surface area contributed by atoms with E-state index in [4.69, 9.17) is 0 Å². The number of aromatic hydroxyl groups is 2. The fourth-order valence-corrected chi connectivity index (χ4v) is 2.83. The molecule has 1 rings (SSSR count). The van der Waals surface area contributed by atoms with Crippen LogP contribution in [0.1, 0.15) is 32.3 Å². The lowest BCUT2D eigenvalue weighted by atomic mass is 10.0. The lowest BCUT2D eigenvalue weighted by Gasteiger charge is -2.30. The highest BCUT2D eigenvalue weighted by atomic mass is 32.2. The largest absolute Gasteiger partial charge is 0.504 e. The monoisotopic (exact) mass is 269 g/mol. The molecule has 0 unspecified atom stereocenters. The van der Waals surface area contributed by atoms with Crippen LogP contribution in [0.3, 0.4) is 0 Å². The number of phenols is 2. The Hall–Kier alpha value is -0.870. The summed E-state index contributed by atoms with van der Waals surface area (Å²) in [6.07, 6.45) is 4.37. The molecule has 0 heterocycles. The molecule has 0 atom stereocenters. The lowest BCUT2D eigenvalue weighted by Crippen LogP contribution is -2.36. The van der Waals surface area contributed by atoms with Crippen LogP contribution in [0.25, 0.3) is 0 Å². The van der Waals surface area contributed by atoms with Gasteiger partial charge in [0.15, 0.2) is 11.5 Å². The van der Waals surface area contributed by atoms with Crippen LogP contribution in [0.2, 0.25) is 0 Å². The van der Waals surface area contributed by atoms with E-state index < -0.39 is 0 Å². The van der Waals surface area contributed by atoms with Crippen LogP contribution >= 0.6 is 11.8 Å². The van der Waals surface area contributed by atoms with Crippen molar-refractivity contribution in [1.29, 1.82) is 0 Å². The maximum Gasteiger partial charge on any atom is 0.161 e. The third-order valence-electron chi connectivity index (χ3n) is 3.58. The van der Waals surface area contributed by atoms with Crippen molar-refractivity contribution in [2.45, 2.75) is 38.0 Å². The molecule has 4 heteroatoms. The van der Waals surface area contributed by atoms with E-state index in [2.05, 4.69) is 25.4 Å². The Morgan fingerprint density at radius 3 is 2.44 bits per heavy atom. The molecular weight excluding hydrogens is 246 g/mol. The number of phenolic OH excluding ortho intramolecular Hbond substituents is 2. The normalized spacial score (nSPS) is 11.7. The zero-order chi connectivity index (χ0) is 13.6. The quantitative estimate of drug-likeness (QED) is 0.666. The van der Waals surface area contributed by atoms with Crippen molar-refractivity contribution in [2.24, 2.45) is 0 Å². The second-order valence-corrected chi connectivity index (χ2v) is 5.76. The number of para-hydroxylation sites is 1. The van der Waals surface area contributed by atoms with Gasteiger partial charge in [-0.25, -0.2) is 0 Å². The van der Waals surface area contributed by atoms with E-state index in [0.29, 0.717) is 6.54 Å². The first kappa shape index (κ1) is 15.2. The second kappa shape index (κ2) is 6.90. The summed E-state index contributed by atoms with van der Waals surface area (Å²) in [5.74, 6) is -0.0795. The molecule has 1 aromatic carbocycles. The van der Waals surface area contributed by atoms with Crippen molar-refractivity contribution in [1.82, 2.24) is 5.32 Å². The highest BCUT2D eigenvalue weighted by Gasteiger charge is 2.24. The zero-order valence-electron chi connectivity index (χ0n) is 11.4. The Labute approximate surface area is 114 Å². The van der Waals surface area contributed by atoms with Crippen molar-refractivity contribution in [3.8, 4) is 11.5 Å². The summed E-state index contributed by atoms with van der Waals surface area (Å²) in [4.78, 5) is 0. The van der Waals surface area contributed by atoms with Gasteiger partial charge in [0.05, 0.1) is 0 Å². The van der Waals surface area contributed by atoms with Crippen molar-refractivity contribution in [3.63, 3.8) is 0 Å². The summed E-state index contributed by atoms with van der Waals surface area (Å²) < 4.78 is 0.256. The van der Waals surface area contributed by atoms with Gasteiger partial charge >= 0.3 is 0 Å². The molecule has 0 radical (unpaired) electrons. The van der Waals surface area contributed by atoms with Crippen LogP contribution < -0.4 is 5.32 Å². The first-order chi connectivity index (χ1) is 8.58. The molecule has 18 heavy (non-hydrogen) atoms. The standard InChI is InChI=1S/C14H23NO2S/c1-4-14(5-2,18-3)10-15-9-11-7-6-8-12(16)13(11)17/h6-8,15-17H,4-5,9-10H2,1-3H3. The van der Waals surface area contributed by atoms with Crippen molar-refractivity contribution >= 4 is 11.8 Å². The SMILES string of the molecule is CCC(CC)(CNCc1cccc(O)c1O)SC. The molecule has 102 valence electrons. The summed E-state index contributed by atoms with van der Waals surface area (Å²) in [5, 5.41) is 22.5. The summed E-state index contributed by atoms with van der Waals surface area (Å²) >= 11 is 1.89. The highest BCUT2D eigenvalue weighted by molar-refractivity contribution is 8.00. The van der Waals surface area contributed by atoms with Gasteiger partial charge in [-0.1, -0.05) is 26.0 Å². The number of hydrogen-bond acceptors (Lipinski definition) is 4. The second-order valence-electron chi connectivity index (χ2n) is 4.48. The maximum atomic E-state index is 9.70. The van der Waals surface area contributed by atoms with E-state index >= 15 is 0 Å². The first-order valence-electron chi connectivity index (χ1n) is 6.34. The smallest absolute Gasteiger partial charge is 0.161 e. The van der Waals surface area contributed by atoms with Crippen LogP contribution in [-0.2, 0) is 6.54 Å². The third kappa shape index (κ3) is 3.56. The van der Waals surface area contributed by atoms with Gasteiger partial charge in [0, 0.05) is 23.4 Å². The third-order valence-corrected chi connectivity index (χ3v) is 5.17. The fourth-order valence-electron chi connectivity index (χ4n) is 2.01. The van der Waals surface area contributed by atoms with Crippen LogP contribution in [0.4, 0.5) is 0 Å². The molecule has 0 saturated carbocycles. The number of rotatable bonds is 7. The van der Waals surface area contributed by atoms with E-state index in [1.165, 1.54) is 6.07 Å². The molecular formula is C14H23NO2S. The van der Waals surface area contributed by atoms with Gasteiger partial charge in [0.1, 0.15) is 0 Å². The van der Waals surface area contributed by atoms with E-state index in [0.717, 1.165) is 24.9 Å². The van der Waals surface area contributed by atoms with Crippen molar-refractivity contribution in [2.75, 3.05) is 12.8 Å². The van der Waals surface area contributed by atoms with Gasteiger partial charge in [0.2, 0.25) is 0 Å². The highest BCUT2D eigenvalue weighted by Crippen LogP contribution is 2.31. The van der Waals surface area contributed by atoms with E-state index in [9.17, 15) is 10.2 Å². The molecule has 0 aliphatic carbocycles. The molecule has 0 amide bonds. The number of benzene rings is 1. The Morgan fingerprint density at radius 2 is 1.89 bits per heavy atom. The van der Waals surface area contributed by atoms with Gasteiger partial charge in [0.25, 0.3) is 0 Å². The van der Waals surface area contributed by atoms with Crippen molar-refractivity contribution in [3.05, 3.63) is 23.8 Å². The number of hydrogen-bond donors (Lipinski definition) is 3.